The maximum absolute atomic E-state index is 12.7. The molecule has 0 spiro atoms. The number of carbonyl (C=O) groups excluding carboxylic acids is 2. The topological polar surface area (TPSA) is 71.5 Å². The van der Waals surface area contributed by atoms with E-state index in [0.717, 1.165) is 5.70 Å². The molecule has 1 heterocycles. The maximum Gasteiger partial charge on any atom is 0.234 e. The van der Waals surface area contributed by atoms with Crippen LogP contribution in [-0.4, -0.2) is 43.6 Å². The molecule has 0 N–H and O–H groups in total. The molecule has 1 amide bonds. The van der Waals surface area contributed by atoms with Crippen LogP contribution in [0.15, 0.2) is 54.3 Å². The first kappa shape index (κ1) is 17.6. The molecule has 1 aliphatic carbocycles. The van der Waals surface area contributed by atoms with Crippen LogP contribution in [0.1, 0.15) is 23.7 Å². The van der Waals surface area contributed by atoms with Gasteiger partial charge in [-0.15, -0.1) is 0 Å². The van der Waals surface area contributed by atoms with Gasteiger partial charge in [0.2, 0.25) is 5.91 Å². The Kier molecular flexibility index (Phi) is 4.41. The van der Waals surface area contributed by atoms with Crippen molar-refractivity contribution in [2.45, 2.75) is 13.3 Å². The van der Waals surface area contributed by atoms with Gasteiger partial charge in [0.25, 0.3) is 0 Å². The molecule has 0 bridgehead atoms. The van der Waals surface area contributed by atoms with Gasteiger partial charge in [-0.2, -0.15) is 0 Å². The molecule has 1 fully saturated rings. The van der Waals surface area contributed by atoms with Crippen LogP contribution in [-0.2, 0) is 14.6 Å². The number of benzene rings is 1. The van der Waals surface area contributed by atoms with Gasteiger partial charge in [-0.3, -0.25) is 9.59 Å². The van der Waals surface area contributed by atoms with Crippen LogP contribution in [0.2, 0.25) is 0 Å². The number of ketones is 1. The quantitative estimate of drug-likeness (QED) is 0.756. The van der Waals surface area contributed by atoms with Crippen molar-refractivity contribution in [3.8, 4) is 0 Å². The lowest BCUT2D eigenvalue weighted by Gasteiger charge is -2.28. The number of hydrogen-bond donors (Lipinski definition) is 0. The SMILES string of the molecule is CN1C(=O)C(C)(CS(=O)(=O)CC(=O)c2ccccc2)C2CC=CC=C21. The zero-order chi connectivity index (χ0) is 18.2. The highest BCUT2D eigenvalue weighted by Crippen LogP contribution is 2.47. The number of nitrogens with zero attached hydrogens (tertiary/aromatic N) is 1. The van der Waals surface area contributed by atoms with E-state index in [1.54, 1.807) is 49.2 Å². The van der Waals surface area contributed by atoms with Crippen molar-refractivity contribution in [2.75, 3.05) is 18.6 Å². The average molecular weight is 359 g/mol. The van der Waals surface area contributed by atoms with E-state index in [9.17, 15) is 18.0 Å². The van der Waals surface area contributed by atoms with Gasteiger partial charge < -0.3 is 4.90 Å². The van der Waals surface area contributed by atoms with Crippen LogP contribution in [0.4, 0.5) is 0 Å². The maximum atomic E-state index is 12.7. The molecule has 5 nitrogen and oxygen atoms in total. The van der Waals surface area contributed by atoms with Crippen LogP contribution in [0.5, 0.6) is 0 Å². The Morgan fingerprint density at radius 1 is 1.28 bits per heavy atom. The molecule has 1 aromatic rings. The summed E-state index contributed by atoms with van der Waals surface area (Å²) in [5.41, 5.74) is 0.174. The number of carbonyl (C=O) groups is 2. The van der Waals surface area contributed by atoms with E-state index in [1.807, 2.05) is 18.2 Å². The van der Waals surface area contributed by atoms with Crippen LogP contribution in [0, 0.1) is 11.3 Å². The Hall–Kier alpha value is -2.21. The minimum absolute atomic E-state index is 0.170. The molecule has 1 aromatic carbocycles. The van der Waals surface area contributed by atoms with Gasteiger partial charge in [0.15, 0.2) is 15.6 Å². The van der Waals surface area contributed by atoms with E-state index >= 15 is 0 Å². The normalized spacial score (nSPS) is 25.7. The predicted molar refractivity (Wildman–Crippen MR) is 95.6 cm³/mol. The smallest absolute Gasteiger partial charge is 0.234 e. The summed E-state index contributed by atoms with van der Waals surface area (Å²) in [6.07, 6.45) is 6.31. The molecule has 0 aromatic heterocycles. The van der Waals surface area contributed by atoms with Gasteiger partial charge in [-0.25, -0.2) is 8.42 Å². The van der Waals surface area contributed by atoms with E-state index in [4.69, 9.17) is 0 Å². The molecular formula is C19H21NO4S. The number of rotatable bonds is 5. The van der Waals surface area contributed by atoms with E-state index in [1.165, 1.54) is 0 Å². The zero-order valence-corrected chi connectivity index (χ0v) is 15.1. The standard InChI is InChI=1S/C19H21NO4S/c1-19(15-10-6-7-11-16(15)20(2)18(19)22)13-25(23,24)12-17(21)14-8-4-3-5-9-14/h3-9,11,15H,10,12-13H2,1-2H3. The fourth-order valence-corrected chi connectivity index (χ4v) is 5.68. The van der Waals surface area contributed by atoms with Gasteiger partial charge >= 0.3 is 0 Å². The molecule has 2 aliphatic rings. The van der Waals surface area contributed by atoms with Gasteiger partial charge in [0.1, 0.15) is 5.75 Å². The summed E-state index contributed by atoms with van der Waals surface area (Å²) in [4.78, 5) is 26.5. The van der Waals surface area contributed by atoms with Crippen molar-refractivity contribution in [3.63, 3.8) is 0 Å². The lowest BCUT2D eigenvalue weighted by molar-refractivity contribution is -0.133. The van der Waals surface area contributed by atoms with E-state index in [0.29, 0.717) is 12.0 Å². The van der Waals surface area contributed by atoms with Gasteiger partial charge in [0, 0.05) is 24.2 Å². The third-order valence-corrected chi connectivity index (χ3v) is 6.79. The number of amides is 1. The minimum Gasteiger partial charge on any atom is -0.318 e. The largest absolute Gasteiger partial charge is 0.318 e. The summed E-state index contributed by atoms with van der Waals surface area (Å²) in [6.45, 7) is 1.70. The first-order chi connectivity index (χ1) is 11.7. The highest BCUT2D eigenvalue weighted by atomic mass is 32.2. The highest BCUT2D eigenvalue weighted by molar-refractivity contribution is 7.92. The fraction of sp³-hybridized carbons (Fsp3) is 0.368. The second-order valence-corrected chi connectivity index (χ2v) is 8.98. The molecule has 0 radical (unpaired) electrons. The van der Waals surface area contributed by atoms with E-state index < -0.39 is 26.8 Å². The lowest BCUT2D eigenvalue weighted by Crippen LogP contribution is -2.40. The van der Waals surface area contributed by atoms with E-state index in [2.05, 4.69) is 0 Å². The van der Waals surface area contributed by atoms with Crippen molar-refractivity contribution < 1.29 is 18.0 Å². The second-order valence-electron chi connectivity index (χ2n) is 6.91. The van der Waals surface area contributed by atoms with Crippen molar-refractivity contribution in [1.29, 1.82) is 0 Å². The minimum atomic E-state index is -3.73. The molecule has 2 atom stereocenters. The van der Waals surface area contributed by atoms with Crippen LogP contribution < -0.4 is 0 Å². The molecule has 2 unspecified atom stereocenters. The van der Waals surface area contributed by atoms with Crippen LogP contribution in [0.25, 0.3) is 0 Å². The summed E-state index contributed by atoms with van der Waals surface area (Å²) in [5, 5.41) is 0. The number of fused-ring (bicyclic) bond motifs is 1. The van der Waals surface area contributed by atoms with Crippen LogP contribution >= 0.6 is 0 Å². The van der Waals surface area contributed by atoms with Crippen LogP contribution in [0.3, 0.4) is 0 Å². The van der Waals surface area contributed by atoms with Crippen molar-refractivity contribution in [1.82, 2.24) is 4.90 Å². The fourth-order valence-electron chi connectivity index (χ4n) is 3.78. The van der Waals surface area contributed by atoms with Gasteiger partial charge in [-0.1, -0.05) is 42.5 Å². The molecule has 6 heteroatoms. The first-order valence-corrected chi connectivity index (χ1v) is 10.0. The Balaban J connectivity index is 1.83. The Morgan fingerprint density at radius 2 is 1.96 bits per heavy atom. The molecule has 25 heavy (non-hydrogen) atoms. The molecule has 1 saturated heterocycles. The van der Waals surface area contributed by atoms with Gasteiger partial charge in [0.05, 0.1) is 11.2 Å². The number of sulfone groups is 1. The average Bonchev–Trinajstić information content (AvgIpc) is 2.77. The summed E-state index contributed by atoms with van der Waals surface area (Å²) in [5.74, 6) is -1.72. The molecular weight excluding hydrogens is 338 g/mol. The van der Waals surface area contributed by atoms with Crippen molar-refractivity contribution in [2.24, 2.45) is 11.3 Å². The lowest BCUT2D eigenvalue weighted by atomic mass is 9.76. The number of Topliss-reactive ketones (excluding diaryl/α,β-unsaturated/α-hetero) is 1. The highest BCUT2D eigenvalue weighted by Gasteiger charge is 2.54. The van der Waals surface area contributed by atoms with Crippen molar-refractivity contribution in [3.05, 3.63) is 59.8 Å². The van der Waals surface area contributed by atoms with E-state index in [-0.39, 0.29) is 17.6 Å². The second kappa shape index (κ2) is 6.26. The third-order valence-electron chi connectivity index (χ3n) is 5.05. The van der Waals surface area contributed by atoms with Crippen molar-refractivity contribution >= 4 is 21.5 Å². The Labute approximate surface area is 147 Å². The molecule has 132 valence electrons. The predicted octanol–water partition coefficient (Wildman–Crippen LogP) is 2.22. The first-order valence-electron chi connectivity index (χ1n) is 8.18. The summed E-state index contributed by atoms with van der Waals surface area (Å²) >= 11 is 0. The summed E-state index contributed by atoms with van der Waals surface area (Å²) in [6, 6.07) is 8.36. The summed E-state index contributed by atoms with van der Waals surface area (Å²) in [7, 11) is -2.05. The number of allylic oxidation sites excluding steroid dienone is 4. The zero-order valence-electron chi connectivity index (χ0n) is 14.3. The number of likely N-dealkylation sites (tertiary alicyclic amines) is 1. The summed E-state index contributed by atoms with van der Waals surface area (Å²) < 4.78 is 25.3. The third kappa shape index (κ3) is 3.18. The molecule has 3 rings (SSSR count). The monoisotopic (exact) mass is 359 g/mol. The molecule has 1 aliphatic heterocycles. The Morgan fingerprint density at radius 3 is 2.64 bits per heavy atom. The van der Waals surface area contributed by atoms with Gasteiger partial charge in [-0.05, 0) is 19.4 Å². The number of hydrogen-bond acceptors (Lipinski definition) is 4. The molecule has 0 saturated carbocycles. The Bertz CT molecular complexity index is 870.